The van der Waals surface area contributed by atoms with Gasteiger partial charge in [-0.05, 0) is 120 Å². The number of ether oxygens (including phenoxy) is 5. The summed E-state index contributed by atoms with van der Waals surface area (Å²) in [5.41, 5.74) is 6.04. The standard InChI is InChI=1S/C29H25NO6.C28H25NO8S/c1-3-19-13-25-26(36-16-35-25)14-21(19)15-30-24-10-5-4-9-22(24)28(32)23(27(30)29(33)34)12-18-7-6-8-20(11-18)17(2)31;1-16-4-9-26(25(10-16)35-3)38(33,34)14-22(30)27(17-6-8-23-24(12-17)37-15-36-23)20-13-29(2)21-11-18(28(31)32)5-7-19(20)21/h4-11,13-14H,3,12,15-16H2,1-2H3,(H,33,34);4-13,27H,14-15H2,1-3H3,(H,31,32)/t;27-/m.0/s1. The molecule has 0 bridgehead atoms. The van der Waals surface area contributed by atoms with Gasteiger partial charge in [0, 0.05) is 53.6 Å². The Kier molecular flexibility index (Phi) is 13.9. The van der Waals surface area contributed by atoms with Gasteiger partial charge in [0.15, 0.2) is 49.8 Å². The number of nitrogens with zero attached hydrogens (tertiary/aromatic N) is 2. The lowest BCUT2D eigenvalue weighted by atomic mass is 9.87. The molecule has 0 unspecified atom stereocenters. The summed E-state index contributed by atoms with van der Waals surface area (Å²) in [5.74, 6) is -2.21. The summed E-state index contributed by atoms with van der Waals surface area (Å²) < 4.78 is 57.6. The predicted octanol–water partition coefficient (Wildman–Crippen LogP) is 8.93. The number of Topliss-reactive ketones (excluding diaryl/α,β-unsaturated/α-hetero) is 2. The van der Waals surface area contributed by atoms with Crippen molar-refractivity contribution in [2.45, 2.75) is 51.0 Å². The molecule has 16 nitrogen and oxygen atoms in total. The molecule has 8 aromatic rings. The normalized spacial score (nSPS) is 12.8. The zero-order chi connectivity index (χ0) is 52.6. The zero-order valence-corrected chi connectivity index (χ0v) is 41.8. The third-order valence-electron chi connectivity index (χ3n) is 13.2. The summed E-state index contributed by atoms with van der Waals surface area (Å²) in [5, 5.41) is 20.9. The van der Waals surface area contributed by atoms with Gasteiger partial charge in [-0.15, -0.1) is 0 Å². The summed E-state index contributed by atoms with van der Waals surface area (Å²) >= 11 is 0. The zero-order valence-electron chi connectivity index (χ0n) is 41.0. The van der Waals surface area contributed by atoms with Gasteiger partial charge in [0.2, 0.25) is 13.6 Å². The summed E-state index contributed by atoms with van der Waals surface area (Å²) in [7, 11) is -0.947. The average molecular weight is 1020 g/mol. The molecule has 10 rings (SSSR count). The van der Waals surface area contributed by atoms with Crippen molar-refractivity contribution >= 4 is 55.1 Å². The molecule has 17 heteroatoms. The van der Waals surface area contributed by atoms with Gasteiger partial charge in [-0.25, -0.2) is 18.0 Å². The predicted molar refractivity (Wildman–Crippen MR) is 275 cm³/mol. The minimum atomic E-state index is -4.07. The third kappa shape index (κ3) is 9.80. The fourth-order valence-electron chi connectivity index (χ4n) is 9.59. The van der Waals surface area contributed by atoms with Crippen LogP contribution in [0.3, 0.4) is 0 Å². The molecule has 0 aliphatic carbocycles. The highest BCUT2D eigenvalue weighted by atomic mass is 32.2. The average Bonchev–Trinajstić information content (AvgIpc) is 4.14. The fourth-order valence-corrected chi connectivity index (χ4v) is 11.0. The van der Waals surface area contributed by atoms with E-state index in [1.807, 2.05) is 26.0 Å². The van der Waals surface area contributed by atoms with Crippen LogP contribution in [0, 0.1) is 6.92 Å². The van der Waals surface area contributed by atoms with Crippen LogP contribution in [0.2, 0.25) is 0 Å². The lowest BCUT2D eigenvalue weighted by Gasteiger charge is -2.20. The van der Waals surface area contributed by atoms with Crippen LogP contribution in [0.1, 0.15) is 89.9 Å². The second-order valence-electron chi connectivity index (χ2n) is 18.0. The lowest BCUT2D eigenvalue weighted by Crippen LogP contribution is -2.25. The number of carbonyl (C=O) groups excluding carboxylic acids is 2. The summed E-state index contributed by atoms with van der Waals surface area (Å²) in [4.78, 5) is 63.5. The number of rotatable bonds is 15. The highest BCUT2D eigenvalue weighted by Crippen LogP contribution is 2.41. The van der Waals surface area contributed by atoms with E-state index < -0.39 is 39.2 Å². The molecule has 4 heterocycles. The number of para-hydroxylation sites is 1. The Morgan fingerprint density at radius 2 is 1.43 bits per heavy atom. The maximum atomic E-state index is 13.9. The van der Waals surface area contributed by atoms with Gasteiger partial charge in [0.1, 0.15) is 22.1 Å². The number of aromatic nitrogens is 2. The molecule has 0 spiro atoms. The number of sulfone groups is 1. The number of hydrogen-bond donors (Lipinski definition) is 2. The summed E-state index contributed by atoms with van der Waals surface area (Å²) in [6, 6.07) is 32.2. The van der Waals surface area contributed by atoms with Gasteiger partial charge >= 0.3 is 11.9 Å². The molecule has 378 valence electrons. The van der Waals surface area contributed by atoms with Gasteiger partial charge in [-0.3, -0.25) is 14.4 Å². The van der Waals surface area contributed by atoms with Crippen LogP contribution in [0.5, 0.6) is 28.7 Å². The van der Waals surface area contributed by atoms with Crippen LogP contribution in [-0.4, -0.2) is 77.7 Å². The van der Waals surface area contributed by atoms with E-state index in [2.05, 4.69) is 0 Å². The maximum Gasteiger partial charge on any atom is 0.352 e. The van der Waals surface area contributed by atoms with E-state index in [1.54, 1.807) is 107 Å². The lowest BCUT2D eigenvalue weighted by molar-refractivity contribution is -0.117. The molecular weight excluding hydrogens is 969 g/mol. The van der Waals surface area contributed by atoms with E-state index in [-0.39, 0.29) is 65.2 Å². The first-order chi connectivity index (χ1) is 35.5. The molecule has 0 saturated heterocycles. The molecule has 6 aromatic carbocycles. The molecule has 2 aliphatic rings. The Morgan fingerprint density at radius 3 is 2.12 bits per heavy atom. The number of carboxylic acids is 2. The topological polar surface area (TPSA) is 216 Å². The van der Waals surface area contributed by atoms with Crippen LogP contribution in [0.4, 0.5) is 0 Å². The Bertz CT molecular complexity index is 3780. The number of pyridine rings is 1. The smallest absolute Gasteiger partial charge is 0.352 e. The number of fused-ring (bicyclic) bond motifs is 4. The van der Waals surface area contributed by atoms with Gasteiger partial charge in [0.25, 0.3) is 0 Å². The van der Waals surface area contributed by atoms with E-state index in [0.29, 0.717) is 67.1 Å². The molecule has 2 aliphatic heterocycles. The number of carboxylic acid groups (broad SMARTS) is 2. The molecule has 2 N–H and O–H groups in total. The number of hydrogen-bond acceptors (Lipinski definition) is 12. The fraction of sp³-hybridized carbons (Fsp3) is 0.211. The Labute approximate surface area is 424 Å². The van der Waals surface area contributed by atoms with E-state index in [1.165, 1.54) is 32.2 Å². The van der Waals surface area contributed by atoms with Crippen LogP contribution < -0.4 is 29.1 Å². The number of ketones is 2. The van der Waals surface area contributed by atoms with Gasteiger partial charge in [0.05, 0.1) is 24.1 Å². The second kappa shape index (κ2) is 20.4. The quantitative estimate of drug-likeness (QED) is 0.0917. The van der Waals surface area contributed by atoms with Crippen molar-refractivity contribution in [3.8, 4) is 28.7 Å². The third-order valence-corrected chi connectivity index (χ3v) is 14.9. The van der Waals surface area contributed by atoms with Gasteiger partial charge < -0.3 is 43.0 Å². The molecule has 0 amide bonds. The molecule has 0 radical (unpaired) electrons. The van der Waals surface area contributed by atoms with Crippen molar-refractivity contribution in [2.24, 2.45) is 7.05 Å². The molecule has 0 saturated carbocycles. The Morgan fingerprint density at radius 1 is 0.730 bits per heavy atom. The van der Waals surface area contributed by atoms with Crippen molar-refractivity contribution < 1.29 is 61.5 Å². The maximum absolute atomic E-state index is 13.9. The Hall–Kier alpha value is -8.70. The van der Waals surface area contributed by atoms with E-state index in [4.69, 9.17) is 23.7 Å². The van der Waals surface area contributed by atoms with E-state index in [0.717, 1.165) is 23.1 Å². The van der Waals surface area contributed by atoms with Crippen molar-refractivity contribution in [2.75, 3.05) is 26.4 Å². The summed E-state index contributed by atoms with van der Waals surface area (Å²) in [6.07, 6.45) is 2.54. The first-order valence-electron chi connectivity index (χ1n) is 23.5. The number of carbonyl (C=O) groups is 4. The van der Waals surface area contributed by atoms with Crippen molar-refractivity contribution in [1.29, 1.82) is 0 Å². The van der Waals surface area contributed by atoms with Crippen molar-refractivity contribution in [3.05, 3.63) is 187 Å². The minimum absolute atomic E-state index is 0.0469. The van der Waals surface area contributed by atoms with Crippen LogP contribution >= 0.6 is 0 Å². The second-order valence-corrected chi connectivity index (χ2v) is 19.9. The number of methoxy groups -OCH3 is 1. The first-order valence-corrected chi connectivity index (χ1v) is 25.1. The first kappa shape index (κ1) is 50.2. The Balaban J connectivity index is 0.000000182. The van der Waals surface area contributed by atoms with Crippen molar-refractivity contribution in [1.82, 2.24) is 9.13 Å². The van der Waals surface area contributed by atoms with Gasteiger partial charge in [-0.1, -0.05) is 55.5 Å². The molecule has 2 aromatic heterocycles. The summed E-state index contributed by atoms with van der Waals surface area (Å²) in [6.45, 7) is 5.74. The van der Waals surface area contributed by atoms with Crippen molar-refractivity contribution in [3.63, 3.8) is 0 Å². The van der Waals surface area contributed by atoms with Crippen LogP contribution in [0.25, 0.3) is 21.8 Å². The molecular formula is C57H50N2O14S. The van der Waals surface area contributed by atoms with Crippen LogP contribution in [0.15, 0.2) is 131 Å². The van der Waals surface area contributed by atoms with Gasteiger partial charge in [-0.2, -0.15) is 0 Å². The minimum Gasteiger partial charge on any atom is -0.495 e. The highest BCUT2D eigenvalue weighted by molar-refractivity contribution is 7.92. The number of aryl methyl sites for hydroxylation is 3. The SMILES string of the molecule is CCc1cc2c(cc1Cn1c(C(=O)O)c(Cc3cccc(C(C)=O)c3)c(=O)c3ccccc31)OCO2.COc1cc(C)ccc1S(=O)(=O)CC(=O)[C@@H](c1ccc2c(c1)OCO2)c1cn(C)c2cc(C(=O)O)ccc12. The monoisotopic (exact) mass is 1020 g/mol. The largest absolute Gasteiger partial charge is 0.495 e. The number of aromatic carboxylic acids is 2. The molecule has 1 atom stereocenters. The van der Waals surface area contributed by atoms with E-state index >= 15 is 0 Å². The molecule has 0 fully saturated rings. The highest BCUT2D eigenvalue weighted by Gasteiger charge is 2.33. The van der Waals surface area contributed by atoms with Crippen LogP contribution in [-0.2, 0) is 41.1 Å². The van der Waals surface area contributed by atoms with E-state index in [9.17, 15) is 42.6 Å². The molecule has 74 heavy (non-hydrogen) atoms. The number of benzene rings is 6.